The largest absolute Gasteiger partial charge is 0.496 e. The summed E-state index contributed by atoms with van der Waals surface area (Å²) in [5.41, 5.74) is 0.566. The first-order chi connectivity index (χ1) is 12.1. The van der Waals surface area contributed by atoms with Gasteiger partial charge in [-0.25, -0.2) is 0 Å². The van der Waals surface area contributed by atoms with Gasteiger partial charge in [-0.2, -0.15) is 0 Å². The minimum atomic E-state index is -0.155. The molecule has 0 spiro atoms. The Labute approximate surface area is 147 Å². The lowest BCUT2D eigenvalue weighted by Crippen LogP contribution is -2.40. The van der Waals surface area contributed by atoms with Crippen LogP contribution in [0.4, 0.5) is 0 Å². The second-order valence-corrected chi connectivity index (χ2v) is 6.22. The summed E-state index contributed by atoms with van der Waals surface area (Å²) < 4.78 is 10.5. The van der Waals surface area contributed by atoms with Crippen molar-refractivity contribution in [1.82, 2.24) is 4.90 Å². The molecular formula is C20H23NO4. The lowest BCUT2D eigenvalue weighted by Gasteiger charge is -2.31. The molecule has 1 heterocycles. The van der Waals surface area contributed by atoms with E-state index in [4.69, 9.17) is 9.47 Å². The van der Waals surface area contributed by atoms with Gasteiger partial charge in [0.1, 0.15) is 5.75 Å². The van der Waals surface area contributed by atoms with Gasteiger partial charge in [0.05, 0.1) is 25.2 Å². The molecule has 2 aromatic rings. The topological polar surface area (TPSA) is 55.8 Å². The fourth-order valence-corrected chi connectivity index (χ4v) is 3.30. The van der Waals surface area contributed by atoms with Gasteiger partial charge in [0, 0.05) is 13.1 Å². The molecule has 1 aliphatic rings. The van der Waals surface area contributed by atoms with Crippen molar-refractivity contribution in [3.8, 4) is 5.75 Å². The van der Waals surface area contributed by atoms with Crippen molar-refractivity contribution in [2.24, 2.45) is 5.92 Å². The summed E-state index contributed by atoms with van der Waals surface area (Å²) in [4.78, 5) is 26.6. The molecule has 2 aromatic carbocycles. The number of likely N-dealkylation sites (tertiary alicyclic amines) is 1. The summed E-state index contributed by atoms with van der Waals surface area (Å²) in [5.74, 6) is 0.265. The first-order valence-corrected chi connectivity index (χ1v) is 8.66. The number of amides is 1. The van der Waals surface area contributed by atoms with Crippen molar-refractivity contribution in [3.63, 3.8) is 0 Å². The maximum Gasteiger partial charge on any atom is 0.309 e. The summed E-state index contributed by atoms with van der Waals surface area (Å²) in [6, 6.07) is 11.7. The highest BCUT2D eigenvalue weighted by Gasteiger charge is 2.29. The molecule has 0 bridgehead atoms. The summed E-state index contributed by atoms with van der Waals surface area (Å²) in [6.07, 6.45) is 1.28. The van der Waals surface area contributed by atoms with Crippen molar-refractivity contribution in [1.29, 1.82) is 0 Å². The van der Waals surface area contributed by atoms with E-state index in [0.717, 1.165) is 10.8 Å². The number of nitrogens with zero attached hydrogens (tertiary/aromatic N) is 1. The van der Waals surface area contributed by atoms with Crippen LogP contribution in [0.2, 0.25) is 0 Å². The van der Waals surface area contributed by atoms with Gasteiger partial charge in [-0.05, 0) is 42.7 Å². The van der Waals surface area contributed by atoms with E-state index in [1.54, 1.807) is 12.0 Å². The van der Waals surface area contributed by atoms with Gasteiger partial charge >= 0.3 is 5.97 Å². The molecule has 1 fully saturated rings. The van der Waals surface area contributed by atoms with E-state index in [1.807, 2.05) is 43.3 Å². The van der Waals surface area contributed by atoms with Crippen molar-refractivity contribution >= 4 is 22.6 Å². The second-order valence-electron chi connectivity index (χ2n) is 6.22. The van der Waals surface area contributed by atoms with Crippen molar-refractivity contribution < 1.29 is 19.1 Å². The predicted molar refractivity (Wildman–Crippen MR) is 95.8 cm³/mol. The standard InChI is InChI=1S/C20H23NO4/c1-3-25-20(23)14-8-10-21(11-9-14)19(22)17-12-15-6-4-5-7-16(15)13-18(17)24-2/h4-7,12-14H,3,8-11H2,1-2H3. The number of hydrogen-bond donors (Lipinski definition) is 0. The highest BCUT2D eigenvalue weighted by atomic mass is 16.5. The number of piperidine rings is 1. The molecule has 1 saturated heterocycles. The quantitative estimate of drug-likeness (QED) is 0.801. The Morgan fingerprint density at radius 3 is 2.36 bits per heavy atom. The number of rotatable bonds is 4. The second kappa shape index (κ2) is 7.55. The third-order valence-corrected chi connectivity index (χ3v) is 4.70. The van der Waals surface area contributed by atoms with E-state index in [9.17, 15) is 9.59 Å². The molecule has 0 N–H and O–H groups in total. The van der Waals surface area contributed by atoms with Gasteiger partial charge in [0.2, 0.25) is 0 Å². The Morgan fingerprint density at radius 2 is 1.76 bits per heavy atom. The maximum absolute atomic E-state index is 13.0. The summed E-state index contributed by atoms with van der Waals surface area (Å²) >= 11 is 0. The van der Waals surface area contributed by atoms with Gasteiger partial charge < -0.3 is 14.4 Å². The zero-order chi connectivity index (χ0) is 17.8. The Balaban J connectivity index is 1.77. The molecule has 5 heteroatoms. The molecule has 1 aliphatic heterocycles. The van der Waals surface area contributed by atoms with Crippen LogP contribution in [0, 0.1) is 5.92 Å². The van der Waals surface area contributed by atoms with E-state index < -0.39 is 0 Å². The Morgan fingerprint density at radius 1 is 1.12 bits per heavy atom. The summed E-state index contributed by atoms with van der Waals surface area (Å²) in [6.45, 7) is 3.31. The van der Waals surface area contributed by atoms with E-state index in [2.05, 4.69) is 0 Å². The molecule has 0 unspecified atom stereocenters. The molecule has 0 radical (unpaired) electrons. The number of methoxy groups -OCH3 is 1. The van der Waals surface area contributed by atoms with Crippen LogP contribution in [-0.2, 0) is 9.53 Å². The number of ether oxygens (including phenoxy) is 2. The first kappa shape index (κ1) is 17.3. The number of hydrogen-bond acceptors (Lipinski definition) is 4. The smallest absolute Gasteiger partial charge is 0.309 e. The Kier molecular flexibility index (Phi) is 5.22. The Hall–Kier alpha value is -2.56. The molecule has 0 saturated carbocycles. The Bertz CT molecular complexity index is 778. The van der Waals surface area contributed by atoms with Crippen molar-refractivity contribution in [2.45, 2.75) is 19.8 Å². The predicted octanol–water partition coefficient (Wildman–Crippen LogP) is 3.26. The number of fused-ring (bicyclic) bond motifs is 1. The van der Waals surface area contributed by atoms with Gasteiger partial charge in [0.25, 0.3) is 5.91 Å². The third-order valence-electron chi connectivity index (χ3n) is 4.70. The molecule has 132 valence electrons. The third kappa shape index (κ3) is 3.60. The molecule has 1 amide bonds. The van der Waals surface area contributed by atoms with Crippen LogP contribution < -0.4 is 4.74 Å². The SMILES string of the molecule is CCOC(=O)C1CCN(C(=O)c2cc3ccccc3cc2OC)CC1. The highest BCUT2D eigenvalue weighted by Crippen LogP contribution is 2.28. The minimum absolute atomic E-state index is 0.0510. The molecule has 25 heavy (non-hydrogen) atoms. The van der Waals surface area contributed by atoms with Crippen LogP contribution in [0.3, 0.4) is 0 Å². The van der Waals surface area contributed by atoms with Crippen LogP contribution in [0.25, 0.3) is 10.8 Å². The number of carbonyl (C=O) groups excluding carboxylic acids is 2. The molecule has 0 aliphatic carbocycles. The lowest BCUT2D eigenvalue weighted by molar-refractivity contribution is -0.149. The maximum atomic E-state index is 13.0. The number of carbonyl (C=O) groups is 2. The van der Waals surface area contributed by atoms with E-state index >= 15 is 0 Å². The van der Waals surface area contributed by atoms with Crippen molar-refractivity contribution in [2.75, 3.05) is 26.8 Å². The summed E-state index contributed by atoms with van der Waals surface area (Å²) in [5, 5.41) is 2.05. The van der Waals surface area contributed by atoms with Gasteiger partial charge in [-0.1, -0.05) is 24.3 Å². The van der Waals surface area contributed by atoms with Gasteiger partial charge in [-0.15, -0.1) is 0 Å². The van der Waals surface area contributed by atoms with Gasteiger partial charge in [0.15, 0.2) is 0 Å². The fourth-order valence-electron chi connectivity index (χ4n) is 3.30. The van der Waals surface area contributed by atoms with Crippen LogP contribution in [0.5, 0.6) is 5.75 Å². The summed E-state index contributed by atoms with van der Waals surface area (Å²) in [7, 11) is 1.58. The normalized spacial score (nSPS) is 15.2. The zero-order valence-corrected chi connectivity index (χ0v) is 14.7. The monoisotopic (exact) mass is 341 g/mol. The molecule has 3 rings (SSSR count). The molecular weight excluding hydrogens is 318 g/mol. The van der Waals surface area contributed by atoms with Gasteiger partial charge in [-0.3, -0.25) is 9.59 Å². The number of benzene rings is 2. The van der Waals surface area contributed by atoms with Crippen LogP contribution >= 0.6 is 0 Å². The van der Waals surface area contributed by atoms with Crippen LogP contribution in [0.15, 0.2) is 36.4 Å². The first-order valence-electron chi connectivity index (χ1n) is 8.66. The van der Waals surface area contributed by atoms with E-state index in [1.165, 1.54) is 0 Å². The molecule has 0 atom stereocenters. The van der Waals surface area contributed by atoms with E-state index in [0.29, 0.717) is 43.9 Å². The van der Waals surface area contributed by atoms with Crippen molar-refractivity contribution in [3.05, 3.63) is 42.0 Å². The highest BCUT2D eigenvalue weighted by molar-refractivity contribution is 6.01. The van der Waals surface area contributed by atoms with E-state index in [-0.39, 0.29) is 17.8 Å². The molecule has 5 nitrogen and oxygen atoms in total. The fraction of sp³-hybridized carbons (Fsp3) is 0.400. The average molecular weight is 341 g/mol. The minimum Gasteiger partial charge on any atom is -0.496 e. The average Bonchev–Trinajstić information content (AvgIpc) is 2.66. The van der Waals surface area contributed by atoms with Crippen LogP contribution in [-0.4, -0.2) is 43.6 Å². The van der Waals surface area contributed by atoms with Crippen LogP contribution in [0.1, 0.15) is 30.1 Å². The number of esters is 1. The molecule has 0 aromatic heterocycles. The lowest BCUT2D eigenvalue weighted by atomic mass is 9.96. The zero-order valence-electron chi connectivity index (χ0n) is 14.7.